The van der Waals surface area contributed by atoms with Gasteiger partial charge in [-0.15, -0.1) is 0 Å². The third-order valence-corrected chi connectivity index (χ3v) is 3.25. The molecule has 2 rings (SSSR count). The van der Waals surface area contributed by atoms with E-state index in [1.807, 2.05) is 18.2 Å². The Labute approximate surface area is 101 Å². The van der Waals surface area contributed by atoms with E-state index in [4.69, 9.17) is 5.73 Å². The van der Waals surface area contributed by atoms with Crippen molar-refractivity contribution in [2.45, 2.75) is 25.8 Å². The first-order valence-electron chi connectivity index (χ1n) is 6.06. The summed E-state index contributed by atoms with van der Waals surface area (Å²) in [5, 5.41) is 1.17. The zero-order chi connectivity index (χ0) is 12.3. The number of fused-ring (bicyclic) bond motifs is 1. The topological polar surface area (TPSA) is 48.0 Å². The zero-order valence-corrected chi connectivity index (χ0v) is 10.1. The number of benzene rings is 1. The second-order valence-electron chi connectivity index (χ2n) is 4.30. The summed E-state index contributed by atoms with van der Waals surface area (Å²) in [6.07, 6.45) is 4.99. The molecule has 0 bridgehead atoms. The smallest absolute Gasteiger partial charge is 0.150 e. The standard InChI is InChI=1S/C14H18N2O/c1-2-13(5-7-15)16-8-6-12-4-3-11(10-17)9-14(12)16/h3-4,6,8-10,13H,2,5,7,15H2,1H3. The number of hydrogen-bond acceptors (Lipinski definition) is 2. The molecule has 1 aromatic carbocycles. The minimum absolute atomic E-state index is 0.416. The van der Waals surface area contributed by atoms with E-state index in [0.717, 1.165) is 30.2 Å². The zero-order valence-electron chi connectivity index (χ0n) is 10.1. The average Bonchev–Trinajstić information content (AvgIpc) is 2.78. The number of carbonyl (C=O) groups is 1. The van der Waals surface area contributed by atoms with Crippen molar-refractivity contribution in [1.29, 1.82) is 0 Å². The van der Waals surface area contributed by atoms with Gasteiger partial charge in [-0.1, -0.05) is 19.1 Å². The lowest BCUT2D eigenvalue weighted by Crippen LogP contribution is -2.12. The number of aromatic nitrogens is 1. The highest BCUT2D eigenvalue weighted by molar-refractivity contribution is 5.87. The Kier molecular flexibility index (Phi) is 3.59. The van der Waals surface area contributed by atoms with Gasteiger partial charge in [-0.2, -0.15) is 0 Å². The summed E-state index contributed by atoms with van der Waals surface area (Å²) in [5.41, 5.74) is 7.48. The second-order valence-corrected chi connectivity index (χ2v) is 4.30. The van der Waals surface area contributed by atoms with Gasteiger partial charge in [0, 0.05) is 23.3 Å². The Morgan fingerprint density at radius 3 is 2.88 bits per heavy atom. The van der Waals surface area contributed by atoms with Crippen molar-refractivity contribution in [1.82, 2.24) is 4.57 Å². The first-order chi connectivity index (χ1) is 8.30. The van der Waals surface area contributed by atoms with Crippen molar-refractivity contribution in [3.63, 3.8) is 0 Å². The van der Waals surface area contributed by atoms with E-state index < -0.39 is 0 Å². The van der Waals surface area contributed by atoms with Crippen LogP contribution in [0.15, 0.2) is 30.5 Å². The van der Waals surface area contributed by atoms with Crippen LogP contribution in [0.4, 0.5) is 0 Å². The Morgan fingerprint density at radius 2 is 2.24 bits per heavy atom. The number of carbonyl (C=O) groups excluding carboxylic acids is 1. The molecular weight excluding hydrogens is 212 g/mol. The molecule has 0 aliphatic rings. The summed E-state index contributed by atoms with van der Waals surface area (Å²) in [6, 6.07) is 8.29. The van der Waals surface area contributed by atoms with Crippen LogP contribution in [-0.2, 0) is 0 Å². The molecule has 1 aromatic heterocycles. The first-order valence-corrected chi connectivity index (χ1v) is 6.06. The van der Waals surface area contributed by atoms with Crippen LogP contribution in [0, 0.1) is 0 Å². The molecular formula is C14H18N2O. The number of rotatable bonds is 5. The molecule has 0 saturated heterocycles. The Morgan fingerprint density at radius 1 is 1.41 bits per heavy atom. The minimum atomic E-state index is 0.416. The van der Waals surface area contributed by atoms with E-state index in [1.165, 1.54) is 5.39 Å². The fraction of sp³-hybridized carbons (Fsp3) is 0.357. The van der Waals surface area contributed by atoms with E-state index in [9.17, 15) is 4.79 Å². The molecule has 0 radical (unpaired) electrons. The maximum absolute atomic E-state index is 10.8. The molecule has 2 aromatic rings. The van der Waals surface area contributed by atoms with Crippen LogP contribution in [0.3, 0.4) is 0 Å². The second kappa shape index (κ2) is 5.15. The van der Waals surface area contributed by atoms with Gasteiger partial charge in [-0.3, -0.25) is 4.79 Å². The van der Waals surface area contributed by atoms with Crippen LogP contribution >= 0.6 is 0 Å². The van der Waals surface area contributed by atoms with Crippen molar-refractivity contribution in [2.75, 3.05) is 6.54 Å². The average molecular weight is 230 g/mol. The normalized spacial score (nSPS) is 12.8. The predicted octanol–water partition coefficient (Wildman–Crippen LogP) is 2.75. The fourth-order valence-electron chi connectivity index (χ4n) is 2.29. The molecule has 17 heavy (non-hydrogen) atoms. The summed E-state index contributed by atoms with van der Waals surface area (Å²) >= 11 is 0. The first kappa shape index (κ1) is 11.9. The van der Waals surface area contributed by atoms with Crippen LogP contribution in [-0.4, -0.2) is 17.4 Å². The number of nitrogens with two attached hydrogens (primary N) is 1. The van der Waals surface area contributed by atoms with Crippen LogP contribution in [0.5, 0.6) is 0 Å². The molecule has 0 spiro atoms. The lowest BCUT2D eigenvalue weighted by atomic mass is 10.1. The highest BCUT2D eigenvalue weighted by atomic mass is 16.1. The van der Waals surface area contributed by atoms with Crippen LogP contribution in [0.2, 0.25) is 0 Å². The summed E-state index contributed by atoms with van der Waals surface area (Å²) < 4.78 is 2.23. The molecule has 3 nitrogen and oxygen atoms in total. The summed E-state index contributed by atoms with van der Waals surface area (Å²) in [4.78, 5) is 10.8. The number of hydrogen-bond donors (Lipinski definition) is 1. The summed E-state index contributed by atoms with van der Waals surface area (Å²) in [5.74, 6) is 0. The van der Waals surface area contributed by atoms with Gasteiger partial charge >= 0.3 is 0 Å². The van der Waals surface area contributed by atoms with E-state index in [1.54, 1.807) is 0 Å². The molecule has 3 heteroatoms. The van der Waals surface area contributed by atoms with E-state index in [-0.39, 0.29) is 0 Å². The molecule has 0 fully saturated rings. The van der Waals surface area contributed by atoms with Gasteiger partial charge in [0.1, 0.15) is 6.29 Å². The van der Waals surface area contributed by atoms with Gasteiger partial charge in [-0.25, -0.2) is 0 Å². The van der Waals surface area contributed by atoms with E-state index >= 15 is 0 Å². The third-order valence-electron chi connectivity index (χ3n) is 3.25. The summed E-state index contributed by atoms with van der Waals surface area (Å²) in [7, 11) is 0. The highest BCUT2D eigenvalue weighted by Gasteiger charge is 2.10. The highest BCUT2D eigenvalue weighted by Crippen LogP contribution is 2.24. The van der Waals surface area contributed by atoms with Gasteiger partial charge in [-0.05, 0) is 36.9 Å². The lowest BCUT2D eigenvalue weighted by Gasteiger charge is -2.17. The number of aldehydes is 1. The van der Waals surface area contributed by atoms with Crippen LogP contribution in [0.25, 0.3) is 10.9 Å². The number of nitrogens with zero attached hydrogens (tertiary/aromatic N) is 1. The van der Waals surface area contributed by atoms with Gasteiger partial charge in [0.15, 0.2) is 0 Å². The molecule has 0 aliphatic heterocycles. The monoisotopic (exact) mass is 230 g/mol. The third kappa shape index (κ3) is 2.24. The quantitative estimate of drug-likeness (QED) is 0.803. The molecule has 0 aliphatic carbocycles. The maximum Gasteiger partial charge on any atom is 0.150 e. The predicted molar refractivity (Wildman–Crippen MR) is 70.3 cm³/mol. The van der Waals surface area contributed by atoms with Crippen molar-refractivity contribution >= 4 is 17.2 Å². The lowest BCUT2D eigenvalue weighted by molar-refractivity contribution is 0.112. The van der Waals surface area contributed by atoms with Crippen LogP contribution < -0.4 is 5.73 Å². The van der Waals surface area contributed by atoms with Crippen molar-refractivity contribution in [3.05, 3.63) is 36.0 Å². The van der Waals surface area contributed by atoms with Gasteiger partial charge in [0.25, 0.3) is 0 Å². The molecule has 2 N–H and O–H groups in total. The maximum atomic E-state index is 10.8. The van der Waals surface area contributed by atoms with E-state index in [2.05, 4.69) is 23.8 Å². The van der Waals surface area contributed by atoms with Gasteiger partial charge < -0.3 is 10.3 Å². The van der Waals surface area contributed by atoms with Crippen molar-refractivity contribution < 1.29 is 4.79 Å². The van der Waals surface area contributed by atoms with Gasteiger partial charge in [0.05, 0.1) is 0 Å². The molecule has 0 amide bonds. The molecule has 90 valence electrons. The molecule has 1 unspecified atom stereocenters. The molecule has 1 atom stereocenters. The van der Waals surface area contributed by atoms with Crippen molar-refractivity contribution in [3.8, 4) is 0 Å². The van der Waals surface area contributed by atoms with Gasteiger partial charge in [0.2, 0.25) is 0 Å². The Bertz CT molecular complexity index is 516. The molecule has 0 saturated carbocycles. The fourth-order valence-corrected chi connectivity index (χ4v) is 2.29. The van der Waals surface area contributed by atoms with Crippen molar-refractivity contribution in [2.24, 2.45) is 5.73 Å². The SMILES string of the molecule is CCC(CCN)n1ccc2ccc(C=O)cc21. The molecule has 1 heterocycles. The Hall–Kier alpha value is -1.61. The minimum Gasteiger partial charge on any atom is -0.344 e. The van der Waals surface area contributed by atoms with Crippen LogP contribution in [0.1, 0.15) is 36.2 Å². The largest absolute Gasteiger partial charge is 0.344 e. The van der Waals surface area contributed by atoms with E-state index in [0.29, 0.717) is 12.6 Å². The summed E-state index contributed by atoms with van der Waals surface area (Å²) in [6.45, 7) is 2.85. The Balaban J connectivity index is 2.49.